The average Bonchev–Trinajstić information content (AvgIpc) is 2.47. The number of esters is 1. The number of phenols is 1. The molecule has 0 radical (unpaired) electrons. The minimum atomic E-state index is -0.625. The summed E-state index contributed by atoms with van der Waals surface area (Å²) < 4.78 is 11.2. The number of aromatic hydroxyl groups is 1. The molecule has 1 aromatic carbocycles. The molecule has 1 rings (SSSR count). The SMILES string of the molecule is CCCCOC(=O)C(Cc1cccc(O)c1)OC(C)CCC. The van der Waals surface area contributed by atoms with Crippen LogP contribution in [0.2, 0.25) is 0 Å². The Bertz CT molecular complexity index is 444. The van der Waals surface area contributed by atoms with Crippen molar-refractivity contribution in [2.75, 3.05) is 6.61 Å². The monoisotopic (exact) mass is 308 g/mol. The van der Waals surface area contributed by atoms with Crippen molar-refractivity contribution in [2.45, 2.75) is 65.1 Å². The van der Waals surface area contributed by atoms with Gasteiger partial charge < -0.3 is 14.6 Å². The van der Waals surface area contributed by atoms with Gasteiger partial charge >= 0.3 is 5.97 Å². The lowest BCUT2D eigenvalue weighted by atomic mass is 10.1. The van der Waals surface area contributed by atoms with Crippen LogP contribution in [-0.2, 0) is 20.7 Å². The van der Waals surface area contributed by atoms with Crippen molar-refractivity contribution in [2.24, 2.45) is 0 Å². The van der Waals surface area contributed by atoms with Crippen molar-refractivity contribution < 1.29 is 19.4 Å². The zero-order valence-corrected chi connectivity index (χ0v) is 13.9. The lowest BCUT2D eigenvalue weighted by Crippen LogP contribution is -2.32. The topological polar surface area (TPSA) is 55.8 Å². The number of hydrogen-bond acceptors (Lipinski definition) is 4. The summed E-state index contributed by atoms with van der Waals surface area (Å²) in [4.78, 5) is 12.2. The Morgan fingerprint density at radius 1 is 1.27 bits per heavy atom. The van der Waals surface area contributed by atoms with E-state index in [1.165, 1.54) is 0 Å². The standard InChI is InChI=1S/C18H28O4/c1-4-6-11-21-18(20)17(22-14(3)8-5-2)13-15-9-7-10-16(19)12-15/h7,9-10,12,14,17,19H,4-6,8,11,13H2,1-3H3. The second-order valence-corrected chi connectivity index (χ2v) is 5.62. The van der Waals surface area contributed by atoms with Crippen molar-refractivity contribution >= 4 is 5.97 Å². The quantitative estimate of drug-likeness (QED) is 0.527. The van der Waals surface area contributed by atoms with E-state index in [9.17, 15) is 9.90 Å². The molecule has 0 saturated heterocycles. The number of carbonyl (C=O) groups is 1. The van der Waals surface area contributed by atoms with Crippen LogP contribution in [-0.4, -0.2) is 29.9 Å². The Balaban J connectivity index is 2.69. The molecule has 2 unspecified atom stereocenters. The highest BCUT2D eigenvalue weighted by molar-refractivity contribution is 5.75. The van der Waals surface area contributed by atoms with E-state index in [1.807, 2.05) is 13.0 Å². The maximum Gasteiger partial charge on any atom is 0.335 e. The lowest BCUT2D eigenvalue weighted by molar-refractivity contribution is -0.160. The third-order valence-corrected chi connectivity index (χ3v) is 3.43. The third-order valence-electron chi connectivity index (χ3n) is 3.43. The van der Waals surface area contributed by atoms with Crippen LogP contribution >= 0.6 is 0 Å². The molecule has 22 heavy (non-hydrogen) atoms. The molecule has 0 fully saturated rings. The van der Waals surface area contributed by atoms with E-state index in [2.05, 4.69) is 13.8 Å². The molecule has 4 heteroatoms. The summed E-state index contributed by atoms with van der Waals surface area (Å²) in [7, 11) is 0. The number of benzene rings is 1. The van der Waals surface area contributed by atoms with Crippen molar-refractivity contribution in [1.29, 1.82) is 0 Å². The van der Waals surface area contributed by atoms with Crippen LogP contribution in [0.25, 0.3) is 0 Å². The maximum atomic E-state index is 12.2. The molecule has 0 saturated carbocycles. The Morgan fingerprint density at radius 2 is 2.05 bits per heavy atom. The summed E-state index contributed by atoms with van der Waals surface area (Å²) in [6.45, 7) is 6.54. The molecule has 0 aliphatic heterocycles. The third kappa shape index (κ3) is 6.94. The minimum absolute atomic E-state index is 0.00559. The van der Waals surface area contributed by atoms with Gasteiger partial charge in [0.1, 0.15) is 5.75 Å². The highest BCUT2D eigenvalue weighted by Gasteiger charge is 2.23. The molecule has 0 aliphatic rings. The molecule has 0 amide bonds. The highest BCUT2D eigenvalue weighted by Crippen LogP contribution is 2.16. The average molecular weight is 308 g/mol. The number of rotatable bonds is 10. The molecule has 0 spiro atoms. The van der Waals surface area contributed by atoms with Gasteiger partial charge in [-0.2, -0.15) is 0 Å². The van der Waals surface area contributed by atoms with Crippen LogP contribution in [0.1, 0.15) is 52.0 Å². The van der Waals surface area contributed by atoms with Gasteiger partial charge in [0, 0.05) is 6.42 Å². The van der Waals surface area contributed by atoms with Crippen molar-refractivity contribution in [3.8, 4) is 5.75 Å². The Labute approximate surface area is 133 Å². The normalized spacial score (nSPS) is 13.6. The fraction of sp³-hybridized carbons (Fsp3) is 0.611. The Hall–Kier alpha value is -1.55. The smallest absolute Gasteiger partial charge is 0.335 e. The zero-order chi connectivity index (χ0) is 16.4. The molecule has 0 aromatic heterocycles. The van der Waals surface area contributed by atoms with Gasteiger partial charge in [-0.1, -0.05) is 38.8 Å². The minimum Gasteiger partial charge on any atom is -0.508 e. The van der Waals surface area contributed by atoms with Gasteiger partial charge in [-0.25, -0.2) is 4.79 Å². The molecule has 124 valence electrons. The number of unbranched alkanes of at least 4 members (excludes halogenated alkanes) is 1. The Morgan fingerprint density at radius 3 is 2.68 bits per heavy atom. The first-order valence-electron chi connectivity index (χ1n) is 8.16. The van der Waals surface area contributed by atoms with Gasteiger partial charge in [0.05, 0.1) is 12.7 Å². The summed E-state index contributed by atoms with van der Waals surface area (Å²) in [5.41, 5.74) is 0.862. The van der Waals surface area contributed by atoms with E-state index in [4.69, 9.17) is 9.47 Å². The molecule has 0 aliphatic carbocycles. The first kappa shape index (κ1) is 18.5. The molecule has 1 N–H and O–H groups in total. The van der Waals surface area contributed by atoms with Crippen molar-refractivity contribution in [1.82, 2.24) is 0 Å². The van der Waals surface area contributed by atoms with E-state index in [0.29, 0.717) is 13.0 Å². The van der Waals surface area contributed by atoms with Crippen molar-refractivity contribution in [3.05, 3.63) is 29.8 Å². The van der Waals surface area contributed by atoms with Gasteiger partial charge in [0.2, 0.25) is 0 Å². The van der Waals surface area contributed by atoms with Gasteiger partial charge in [0.15, 0.2) is 6.10 Å². The summed E-state index contributed by atoms with van der Waals surface area (Å²) in [5, 5.41) is 9.55. The molecular formula is C18H28O4. The summed E-state index contributed by atoms with van der Waals surface area (Å²) in [5.74, 6) is -0.128. The fourth-order valence-corrected chi connectivity index (χ4v) is 2.25. The second-order valence-electron chi connectivity index (χ2n) is 5.62. The number of hydrogen-bond donors (Lipinski definition) is 1. The highest BCUT2D eigenvalue weighted by atomic mass is 16.6. The van der Waals surface area contributed by atoms with E-state index in [0.717, 1.165) is 31.2 Å². The number of ether oxygens (including phenoxy) is 2. The van der Waals surface area contributed by atoms with Crippen LogP contribution in [0, 0.1) is 0 Å². The largest absolute Gasteiger partial charge is 0.508 e. The van der Waals surface area contributed by atoms with E-state index >= 15 is 0 Å². The molecule has 1 aromatic rings. The molecule has 0 bridgehead atoms. The second kappa shape index (κ2) is 10.2. The maximum absolute atomic E-state index is 12.2. The fourth-order valence-electron chi connectivity index (χ4n) is 2.25. The van der Waals surface area contributed by atoms with Crippen LogP contribution in [0.3, 0.4) is 0 Å². The van der Waals surface area contributed by atoms with Gasteiger partial charge in [0.25, 0.3) is 0 Å². The van der Waals surface area contributed by atoms with Crippen LogP contribution < -0.4 is 0 Å². The summed E-state index contributed by atoms with van der Waals surface area (Å²) in [6, 6.07) is 6.90. The molecule has 2 atom stereocenters. The van der Waals surface area contributed by atoms with Crippen LogP contribution in [0.15, 0.2) is 24.3 Å². The number of carbonyl (C=O) groups excluding carboxylic acids is 1. The zero-order valence-electron chi connectivity index (χ0n) is 13.9. The first-order chi connectivity index (χ1) is 10.6. The van der Waals surface area contributed by atoms with E-state index in [1.54, 1.807) is 18.2 Å². The molecular weight excluding hydrogens is 280 g/mol. The first-order valence-corrected chi connectivity index (χ1v) is 8.16. The molecule has 0 heterocycles. The Kier molecular flexibility index (Phi) is 8.60. The van der Waals surface area contributed by atoms with E-state index < -0.39 is 6.10 Å². The van der Waals surface area contributed by atoms with Crippen LogP contribution in [0.5, 0.6) is 5.75 Å². The van der Waals surface area contributed by atoms with Crippen molar-refractivity contribution in [3.63, 3.8) is 0 Å². The van der Waals surface area contributed by atoms with Gasteiger partial charge in [-0.3, -0.25) is 0 Å². The summed E-state index contributed by atoms with van der Waals surface area (Å²) >= 11 is 0. The van der Waals surface area contributed by atoms with Crippen LogP contribution in [0.4, 0.5) is 0 Å². The lowest BCUT2D eigenvalue weighted by Gasteiger charge is -2.21. The van der Waals surface area contributed by atoms with Gasteiger partial charge in [-0.05, 0) is 37.5 Å². The number of phenolic OH excluding ortho intramolecular Hbond substituents is 1. The predicted molar refractivity (Wildman–Crippen MR) is 86.9 cm³/mol. The predicted octanol–water partition coefficient (Wildman–Crippen LogP) is 3.85. The summed E-state index contributed by atoms with van der Waals surface area (Å²) in [6.07, 6.45) is 3.54. The molecule has 4 nitrogen and oxygen atoms in total. The van der Waals surface area contributed by atoms with Gasteiger partial charge in [-0.15, -0.1) is 0 Å². The van der Waals surface area contributed by atoms with E-state index in [-0.39, 0.29) is 17.8 Å².